The van der Waals surface area contributed by atoms with Gasteiger partial charge in [0.25, 0.3) is 0 Å². The quantitative estimate of drug-likeness (QED) is 0.466. The molecule has 3 nitrogen and oxygen atoms in total. The van der Waals surface area contributed by atoms with Gasteiger partial charge >= 0.3 is 0 Å². The summed E-state index contributed by atoms with van der Waals surface area (Å²) in [5, 5.41) is 0. The van der Waals surface area contributed by atoms with Gasteiger partial charge in [0.05, 0.1) is 12.5 Å². The van der Waals surface area contributed by atoms with Crippen LogP contribution in [0.4, 0.5) is 0 Å². The number of hydrogen-bond acceptors (Lipinski definition) is 3. The SMILES string of the molecule is Cc1ccc(C(=O)/C=C\N=Cc2ccco2)cc1. The Kier molecular flexibility index (Phi) is 3.86. The molecular formula is C15H13NO2. The largest absolute Gasteiger partial charge is 0.463 e. The number of aryl methyl sites for hydroxylation is 1. The summed E-state index contributed by atoms with van der Waals surface area (Å²) in [4.78, 5) is 15.7. The number of carbonyl (C=O) groups excluding carboxylic acids is 1. The molecule has 0 aliphatic rings. The maximum Gasteiger partial charge on any atom is 0.187 e. The lowest BCUT2D eigenvalue weighted by Crippen LogP contribution is -1.93. The van der Waals surface area contributed by atoms with E-state index in [0.29, 0.717) is 11.3 Å². The fraction of sp³-hybridized carbons (Fsp3) is 0.0667. The van der Waals surface area contributed by atoms with Crippen LogP contribution in [-0.2, 0) is 0 Å². The van der Waals surface area contributed by atoms with Crippen molar-refractivity contribution < 1.29 is 9.21 Å². The lowest BCUT2D eigenvalue weighted by Gasteiger charge is -1.95. The molecule has 2 aromatic rings. The molecule has 0 unspecified atom stereocenters. The molecule has 0 amide bonds. The predicted octanol–water partition coefficient (Wildman–Crippen LogP) is 3.40. The Bertz CT molecular complexity index is 563. The minimum atomic E-state index is -0.0633. The Morgan fingerprint density at radius 2 is 2.00 bits per heavy atom. The lowest BCUT2D eigenvalue weighted by molar-refractivity contribution is 0.104. The van der Waals surface area contributed by atoms with Gasteiger partial charge in [-0.3, -0.25) is 9.79 Å². The van der Waals surface area contributed by atoms with E-state index in [4.69, 9.17) is 4.42 Å². The topological polar surface area (TPSA) is 42.6 Å². The fourth-order valence-electron chi connectivity index (χ4n) is 1.41. The second-order valence-corrected chi connectivity index (χ2v) is 3.84. The smallest absolute Gasteiger partial charge is 0.187 e. The van der Waals surface area contributed by atoms with Gasteiger partial charge < -0.3 is 4.42 Å². The standard InChI is InChI=1S/C15H13NO2/c1-12-4-6-13(7-5-12)15(17)8-9-16-11-14-3-2-10-18-14/h2-11H,1H3/b9-8-,16-11?. The van der Waals surface area contributed by atoms with Crippen LogP contribution < -0.4 is 0 Å². The number of benzene rings is 1. The molecule has 0 saturated carbocycles. The Morgan fingerprint density at radius 1 is 1.22 bits per heavy atom. The minimum Gasteiger partial charge on any atom is -0.463 e. The molecule has 3 heteroatoms. The van der Waals surface area contributed by atoms with Crippen LogP contribution in [0.15, 0.2) is 64.3 Å². The molecule has 1 aromatic carbocycles. The van der Waals surface area contributed by atoms with Crippen LogP contribution in [0.5, 0.6) is 0 Å². The van der Waals surface area contributed by atoms with Crippen LogP contribution in [0.25, 0.3) is 0 Å². The molecular weight excluding hydrogens is 226 g/mol. The van der Waals surface area contributed by atoms with E-state index in [1.807, 2.05) is 19.1 Å². The first-order chi connectivity index (χ1) is 8.75. The number of ketones is 1. The maximum atomic E-state index is 11.7. The predicted molar refractivity (Wildman–Crippen MR) is 71.0 cm³/mol. The summed E-state index contributed by atoms with van der Waals surface area (Å²) in [6.07, 6.45) is 6.02. The van der Waals surface area contributed by atoms with E-state index in [9.17, 15) is 4.79 Å². The van der Waals surface area contributed by atoms with E-state index in [1.165, 1.54) is 12.3 Å². The summed E-state index contributed by atoms with van der Waals surface area (Å²) in [5.41, 5.74) is 1.79. The first-order valence-electron chi connectivity index (χ1n) is 5.60. The number of nitrogens with zero attached hydrogens (tertiary/aromatic N) is 1. The summed E-state index contributed by atoms with van der Waals surface area (Å²) >= 11 is 0. The minimum absolute atomic E-state index is 0.0633. The van der Waals surface area contributed by atoms with Gasteiger partial charge in [-0.15, -0.1) is 0 Å². The molecule has 2 rings (SSSR count). The van der Waals surface area contributed by atoms with Gasteiger partial charge in [0.1, 0.15) is 5.76 Å². The van der Waals surface area contributed by atoms with Gasteiger partial charge in [0.15, 0.2) is 5.78 Å². The zero-order valence-corrected chi connectivity index (χ0v) is 10.0. The van der Waals surface area contributed by atoms with Crippen molar-refractivity contribution in [1.29, 1.82) is 0 Å². The van der Waals surface area contributed by atoms with E-state index in [2.05, 4.69) is 4.99 Å². The molecule has 0 bridgehead atoms. The lowest BCUT2D eigenvalue weighted by atomic mass is 10.1. The van der Waals surface area contributed by atoms with E-state index in [-0.39, 0.29) is 5.78 Å². The van der Waals surface area contributed by atoms with Crippen LogP contribution >= 0.6 is 0 Å². The molecule has 18 heavy (non-hydrogen) atoms. The summed E-state index contributed by atoms with van der Waals surface area (Å²) in [5.74, 6) is 0.592. The normalized spacial score (nSPS) is 11.4. The number of allylic oxidation sites excluding steroid dienone is 1. The highest BCUT2D eigenvalue weighted by Gasteiger charge is 1.99. The van der Waals surface area contributed by atoms with Gasteiger partial charge in [-0.1, -0.05) is 29.8 Å². The zero-order chi connectivity index (χ0) is 12.8. The first kappa shape index (κ1) is 12.0. The Hall–Kier alpha value is -2.42. The van der Waals surface area contributed by atoms with E-state index in [1.54, 1.807) is 36.7 Å². The fourth-order valence-corrected chi connectivity index (χ4v) is 1.41. The van der Waals surface area contributed by atoms with Gasteiger partial charge in [0, 0.05) is 17.8 Å². The average molecular weight is 239 g/mol. The number of aliphatic imine (C=N–C) groups is 1. The zero-order valence-electron chi connectivity index (χ0n) is 10.0. The molecule has 0 N–H and O–H groups in total. The van der Waals surface area contributed by atoms with Crippen molar-refractivity contribution >= 4 is 12.0 Å². The van der Waals surface area contributed by atoms with Gasteiger partial charge in [0.2, 0.25) is 0 Å². The highest BCUT2D eigenvalue weighted by atomic mass is 16.3. The van der Waals surface area contributed by atoms with Gasteiger partial charge in [-0.2, -0.15) is 0 Å². The van der Waals surface area contributed by atoms with Crippen molar-refractivity contribution in [1.82, 2.24) is 0 Å². The summed E-state index contributed by atoms with van der Waals surface area (Å²) in [7, 11) is 0. The van der Waals surface area contributed by atoms with Crippen molar-refractivity contribution in [2.75, 3.05) is 0 Å². The number of rotatable bonds is 4. The van der Waals surface area contributed by atoms with Crippen molar-refractivity contribution in [3.05, 3.63) is 71.8 Å². The summed E-state index contributed by atoms with van der Waals surface area (Å²) < 4.78 is 5.07. The molecule has 0 radical (unpaired) electrons. The number of carbonyl (C=O) groups is 1. The molecule has 1 heterocycles. The van der Waals surface area contributed by atoms with Crippen LogP contribution in [0.3, 0.4) is 0 Å². The van der Waals surface area contributed by atoms with Crippen molar-refractivity contribution in [2.45, 2.75) is 6.92 Å². The Morgan fingerprint density at radius 3 is 2.67 bits per heavy atom. The molecule has 0 atom stereocenters. The van der Waals surface area contributed by atoms with Gasteiger partial charge in [-0.05, 0) is 19.1 Å². The summed E-state index contributed by atoms with van der Waals surface area (Å²) in [6.45, 7) is 1.98. The highest BCUT2D eigenvalue weighted by Crippen LogP contribution is 2.04. The van der Waals surface area contributed by atoms with Crippen molar-refractivity contribution in [2.24, 2.45) is 4.99 Å². The highest BCUT2D eigenvalue weighted by molar-refractivity contribution is 6.04. The van der Waals surface area contributed by atoms with Crippen molar-refractivity contribution in [3.8, 4) is 0 Å². The van der Waals surface area contributed by atoms with E-state index >= 15 is 0 Å². The molecule has 0 fully saturated rings. The maximum absolute atomic E-state index is 11.7. The molecule has 0 aliphatic carbocycles. The molecule has 0 aliphatic heterocycles. The molecule has 1 aromatic heterocycles. The average Bonchev–Trinajstić information content (AvgIpc) is 2.88. The van der Waals surface area contributed by atoms with Crippen LogP contribution in [0.2, 0.25) is 0 Å². The van der Waals surface area contributed by atoms with E-state index < -0.39 is 0 Å². The molecule has 0 spiro atoms. The second kappa shape index (κ2) is 5.77. The van der Waals surface area contributed by atoms with Crippen LogP contribution in [-0.4, -0.2) is 12.0 Å². The summed E-state index contributed by atoms with van der Waals surface area (Å²) in [6, 6.07) is 11.0. The van der Waals surface area contributed by atoms with Crippen molar-refractivity contribution in [3.63, 3.8) is 0 Å². The third kappa shape index (κ3) is 3.28. The number of furan rings is 1. The van der Waals surface area contributed by atoms with E-state index in [0.717, 1.165) is 5.56 Å². The van der Waals surface area contributed by atoms with Crippen LogP contribution in [0.1, 0.15) is 21.7 Å². The monoisotopic (exact) mass is 239 g/mol. The second-order valence-electron chi connectivity index (χ2n) is 3.84. The van der Waals surface area contributed by atoms with Gasteiger partial charge in [-0.25, -0.2) is 0 Å². The van der Waals surface area contributed by atoms with Crippen LogP contribution in [0, 0.1) is 6.92 Å². The molecule has 0 saturated heterocycles. The molecule has 90 valence electrons. The third-order valence-corrected chi connectivity index (χ3v) is 2.39. The number of hydrogen-bond donors (Lipinski definition) is 0. The first-order valence-corrected chi connectivity index (χ1v) is 5.60. The third-order valence-electron chi connectivity index (χ3n) is 2.39. The Labute approximate surface area is 105 Å². The Balaban J connectivity index is 1.97.